The molecule has 29 heavy (non-hydrogen) atoms. The van der Waals surface area contributed by atoms with Gasteiger partial charge in [-0.05, 0) is 35.9 Å². The molecule has 150 valence electrons. The Kier molecular flexibility index (Phi) is 5.26. The molecule has 0 aliphatic rings. The van der Waals surface area contributed by atoms with E-state index >= 15 is 0 Å². The monoisotopic (exact) mass is 405 g/mol. The van der Waals surface area contributed by atoms with Gasteiger partial charge in [0.05, 0.1) is 24.4 Å². The Balaban J connectivity index is 1.85. The number of phenols is 1. The second-order valence-corrected chi connectivity index (χ2v) is 5.89. The summed E-state index contributed by atoms with van der Waals surface area (Å²) in [5, 5.41) is 13.1. The number of carbonyl (C=O) groups excluding carboxylic acids is 1. The van der Waals surface area contributed by atoms with Crippen LogP contribution in [0, 0.1) is 0 Å². The number of rotatable bonds is 4. The summed E-state index contributed by atoms with van der Waals surface area (Å²) in [7, 11) is 1.39. The van der Waals surface area contributed by atoms with Crippen molar-refractivity contribution in [1.82, 2.24) is 10.4 Å². The first-order chi connectivity index (χ1) is 13.7. The van der Waals surface area contributed by atoms with Crippen LogP contribution < -0.4 is 15.6 Å². The van der Waals surface area contributed by atoms with Crippen LogP contribution in [0.2, 0.25) is 0 Å². The van der Waals surface area contributed by atoms with Gasteiger partial charge in [0.2, 0.25) is 5.43 Å². The summed E-state index contributed by atoms with van der Waals surface area (Å²) in [6.45, 7) is 0. The fraction of sp³-hybridized carbons (Fsp3) is 0.105. The van der Waals surface area contributed by atoms with E-state index < -0.39 is 34.2 Å². The summed E-state index contributed by atoms with van der Waals surface area (Å²) >= 11 is 0. The minimum atomic E-state index is -4.65. The molecule has 0 spiro atoms. The van der Waals surface area contributed by atoms with Crippen LogP contribution in [0.3, 0.4) is 0 Å². The standard InChI is InChI=1S/C19H14F3N3O4/c1-29-15-6-5-10(7-14(15)26)8-24-25-18(28)12-9-23-16-11(17(12)27)3-2-4-13(16)19(20,21)22/h2-9,26H,1H3,(H,23,27)(H,25,28)/b24-8-. The summed E-state index contributed by atoms with van der Waals surface area (Å²) in [5.74, 6) is -0.777. The zero-order chi connectivity index (χ0) is 21.2. The van der Waals surface area contributed by atoms with Crippen LogP contribution in [0.4, 0.5) is 13.2 Å². The Morgan fingerprint density at radius 2 is 2.03 bits per heavy atom. The summed E-state index contributed by atoms with van der Waals surface area (Å²) in [5.41, 5.74) is -0.108. The van der Waals surface area contributed by atoms with Crippen molar-refractivity contribution in [2.24, 2.45) is 5.10 Å². The van der Waals surface area contributed by atoms with E-state index in [0.717, 1.165) is 18.3 Å². The lowest BCUT2D eigenvalue weighted by molar-refractivity contribution is -0.136. The zero-order valence-corrected chi connectivity index (χ0v) is 14.9. The molecule has 2 aromatic carbocycles. The molecule has 10 heteroatoms. The number of carbonyl (C=O) groups is 1. The number of nitrogens with one attached hydrogen (secondary N) is 2. The Morgan fingerprint density at radius 3 is 2.69 bits per heavy atom. The molecule has 1 heterocycles. The van der Waals surface area contributed by atoms with E-state index in [-0.39, 0.29) is 16.9 Å². The number of para-hydroxylation sites is 1. The molecule has 3 rings (SSSR count). The first-order valence-corrected chi connectivity index (χ1v) is 8.14. The number of aromatic nitrogens is 1. The van der Waals surface area contributed by atoms with Crippen molar-refractivity contribution >= 4 is 23.0 Å². The molecule has 0 unspecified atom stereocenters. The highest BCUT2D eigenvalue weighted by Crippen LogP contribution is 2.33. The normalized spacial score (nSPS) is 11.7. The minimum absolute atomic E-state index is 0.130. The summed E-state index contributed by atoms with van der Waals surface area (Å²) in [4.78, 5) is 27.0. The minimum Gasteiger partial charge on any atom is -0.504 e. The van der Waals surface area contributed by atoms with Gasteiger partial charge in [0.1, 0.15) is 5.56 Å². The molecule has 0 radical (unpaired) electrons. The molecule has 3 aromatic rings. The van der Waals surface area contributed by atoms with Crippen LogP contribution in [-0.2, 0) is 6.18 Å². The number of amides is 1. The van der Waals surface area contributed by atoms with Gasteiger partial charge in [-0.1, -0.05) is 6.07 Å². The average Bonchev–Trinajstić information content (AvgIpc) is 2.67. The number of hydrogen-bond donors (Lipinski definition) is 3. The van der Waals surface area contributed by atoms with E-state index in [1.807, 2.05) is 0 Å². The third-order valence-corrected chi connectivity index (χ3v) is 4.05. The lowest BCUT2D eigenvalue weighted by Gasteiger charge is -2.10. The van der Waals surface area contributed by atoms with E-state index in [1.165, 1.54) is 31.5 Å². The fourth-order valence-electron chi connectivity index (χ4n) is 2.67. The van der Waals surface area contributed by atoms with Crippen molar-refractivity contribution in [2.45, 2.75) is 6.18 Å². The van der Waals surface area contributed by atoms with Crippen LogP contribution in [0.25, 0.3) is 10.9 Å². The first kappa shape index (κ1) is 19.9. The number of benzene rings is 2. The molecule has 0 saturated carbocycles. The SMILES string of the molecule is COc1ccc(/C=N\NC(=O)c2c[nH]c3c(C(F)(F)F)cccc3c2=O)cc1O. The van der Waals surface area contributed by atoms with E-state index in [4.69, 9.17) is 4.74 Å². The van der Waals surface area contributed by atoms with E-state index in [1.54, 1.807) is 6.07 Å². The number of fused-ring (bicyclic) bond motifs is 1. The molecule has 0 aliphatic heterocycles. The maximum atomic E-state index is 13.1. The fourth-order valence-corrected chi connectivity index (χ4v) is 2.67. The van der Waals surface area contributed by atoms with Crippen molar-refractivity contribution in [2.75, 3.05) is 7.11 Å². The zero-order valence-electron chi connectivity index (χ0n) is 14.9. The van der Waals surface area contributed by atoms with Crippen molar-refractivity contribution in [3.05, 3.63) is 69.5 Å². The van der Waals surface area contributed by atoms with Gasteiger partial charge in [-0.25, -0.2) is 5.43 Å². The molecule has 0 saturated heterocycles. The molecule has 7 nitrogen and oxygen atoms in total. The molecule has 0 bridgehead atoms. The second kappa shape index (κ2) is 7.66. The number of pyridine rings is 1. The summed E-state index contributed by atoms with van der Waals surface area (Å²) in [6, 6.07) is 7.53. The number of methoxy groups -OCH3 is 1. The van der Waals surface area contributed by atoms with Gasteiger partial charge < -0.3 is 14.8 Å². The average molecular weight is 405 g/mol. The van der Waals surface area contributed by atoms with Crippen molar-refractivity contribution in [3.8, 4) is 11.5 Å². The van der Waals surface area contributed by atoms with Crippen LogP contribution >= 0.6 is 0 Å². The number of alkyl halides is 3. The van der Waals surface area contributed by atoms with Gasteiger partial charge in [-0.15, -0.1) is 0 Å². The highest BCUT2D eigenvalue weighted by Gasteiger charge is 2.33. The third kappa shape index (κ3) is 4.05. The van der Waals surface area contributed by atoms with Gasteiger partial charge >= 0.3 is 6.18 Å². The van der Waals surface area contributed by atoms with E-state index in [9.17, 15) is 27.9 Å². The van der Waals surface area contributed by atoms with Gasteiger partial charge in [0.25, 0.3) is 5.91 Å². The molecule has 1 amide bonds. The largest absolute Gasteiger partial charge is 0.504 e. The van der Waals surface area contributed by atoms with E-state index in [2.05, 4.69) is 15.5 Å². The predicted octanol–water partition coefficient (Wildman–Crippen LogP) is 3.03. The number of ether oxygens (including phenoxy) is 1. The molecular weight excluding hydrogens is 391 g/mol. The molecule has 0 fully saturated rings. The Hall–Kier alpha value is -3.82. The smallest absolute Gasteiger partial charge is 0.418 e. The van der Waals surface area contributed by atoms with Crippen LogP contribution in [-0.4, -0.2) is 29.3 Å². The predicted molar refractivity (Wildman–Crippen MR) is 99.3 cm³/mol. The molecule has 1 aromatic heterocycles. The van der Waals surface area contributed by atoms with Crippen LogP contribution in [0.5, 0.6) is 11.5 Å². The first-order valence-electron chi connectivity index (χ1n) is 8.14. The number of hydrogen-bond acceptors (Lipinski definition) is 5. The van der Waals surface area contributed by atoms with Crippen molar-refractivity contribution in [1.29, 1.82) is 0 Å². The van der Waals surface area contributed by atoms with Crippen LogP contribution in [0.1, 0.15) is 21.5 Å². The molecule has 3 N–H and O–H groups in total. The third-order valence-electron chi connectivity index (χ3n) is 4.05. The number of H-pyrrole nitrogens is 1. The molecule has 0 aliphatic carbocycles. The number of hydrazone groups is 1. The number of nitrogens with zero attached hydrogens (tertiary/aromatic N) is 1. The maximum Gasteiger partial charge on any atom is 0.418 e. The molecule has 0 atom stereocenters. The Morgan fingerprint density at radius 1 is 1.28 bits per heavy atom. The number of halogens is 3. The van der Waals surface area contributed by atoms with Gasteiger partial charge in [0.15, 0.2) is 11.5 Å². The number of aromatic amines is 1. The summed E-state index contributed by atoms with van der Waals surface area (Å²) in [6.07, 6.45) is -2.53. The second-order valence-electron chi connectivity index (χ2n) is 5.89. The number of phenolic OH excluding ortho intramolecular Hbond substituents is 1. The Bertz CT molecular complexity index is 1170. The van der Waals surface area contributed by atoms with Gasteiger partial charge in [-0.3, -0.25) is 9.59 Å². The highest BCUT2D eigenvalue weighted by molar-refractivity contribution is 5.98. The summed E-state index contributed by atoms with van der Waals surface area (Å²) < 4.78 is 44.1. The highest BCUT2D eigenvalue weighted by atomic mass is 19.4. The Labute approximate surface area is 161 Å². The number of aromatic hydroxyl groups is 1. The molecular formula is C19H14F3N3O4. The maximum absolute atomic E-state index is 13.1. The van der Waals surface area contributed by atoms with Crippen molar-refractivity contribution < 1.29 is 27.8 Å². The van der Waals surface area contributed by atoms with Crippen molar-refractivity contribution in [3.63, 3.8) is 0 Å². The lowest BCUT2D eigenvalue weighted by Crippen LogP contribution is -2.25. The van der Waals surface area contributed by atoms with Gasteiger partial charge in [0, 0.05) is 11.6 Å². The topological polar surface area (TPSA) is 104 Å². The van der Waals surface area contributed by atoms with Crippen LogP contribution in [0.15, 0.2) is 52.5 Å². The van der Waals surface area contributed by atoms with Gasteiger partial charge in [-0.2, -0.15) is 18.3 Å². The van der Waals surface area contributed by atoms with E-state index in [0.29, 0.717) is 5.56 Å². The lowest BCUT2D eigenvalue weighted by atomic mass is 10.1. The quantitative estimate of drug-likeness (QED) is 0.459.